The van der Waals surface area contributed by atoms with Crippen molar-refractivity contribution in [2.45, 2.75) is 25.4 Å². The quantitative estimate of drug-likeness (QED) is 0.716. The van der Waals surface area contributed by atoms with Crippen LogP contribution in [0.5, 0.6) is 0 Å². The Kier molecular flexibility index (Phi) is 5.61. The summed E-state index contributed by atoms with van der Waals surface area (Å²) in [6.07, 6.45) is 4.93. The number of hydrogen-bond acceptors (Lipinski definition) is 4. The second kappa shape index (κ2) is 6.74. The Morgan fingerprint density at radius 2 is 2.29 bits per heavy atom. The number of aryl methyl sites for hydroxylation is 1. The standard InChI is InChI=1S/C12H24N4O/c1-10(13)12(11-8-14-16(3)9-11)15(2)6-5-7-17-4/h8-10,12H,5-7,13H2,1-4H3. The van der Waals surface area contributed by atoms with Gasteiger partial charge in [0.2, 0.25) is 0 Å². The van der Waals surface area contributed by atoms with E-state index in [-0.39, 0.29) is 12.1 Å². The third kappa shape index (κ3) is 4.11. The fraction of sp³-hybridized carbons (Fsp3) is 0.750. The number of nitrogens with zero attached hydrogens (tertiary/aromatic N) is 3. The number of likely N-dealkylation sites (N-methyl/N-ethyl adjacent to an activating group) is 1. The Labute approximate surface area is 104 Å². The van der Waals surface area contributed by atoms with Crippen LogP contribution in [0.4, 0.5) is 0 Å². The van der Waals surface area contributed by atoms with Crippen molar-refractivity contribution in [3.63, 3.8) is 0 Å². The summed E-state index contributed by atoms with van der Waals surface area (Å²) in [4.78, 5) is 2.26. The zero-order valence-electron chi connectivity index (χ0n) is 11.3. The van der Waals surface area contributed by atoms with Gasteiger partial charge in [-0.3, -0.25) is 9.58 Å². The van der Waals surface area contributed by atoms with Gasteiger partial charge in [-0.2, -0.15) is 5.10 Å². The number of rotatable bonds is 7. The molecule has 2 N–H and O–H groups in total. The van der Waals surface area contributed by atoms with Crippen molar-refractivity contribution in [1.29, 1.82) is 0 Å². The molecule has 2 unspecified atom stereocenters. The summed E-state index contributed by atoms with van der Waals surface area (Å²) in [5, 5.41) is 4.21. The highest BCUT2D eigenvalue weighted by Crippen LogP contribution is 2.21. The van der Waals surface area contributed by atoms with E-state index < -0.39 is 0 Å². The van der Waals surface area contributed by atoms with Gasteiger partial charge in [-0.05, 0) is 20.4 Å². The lowest BCUT2D eigenvalue weighted by Crippen LogP contribution is -2.37. The van der Waals surface area contributed by atoms with Gasteiger partial charge >= 0.3 is 0 Å². The number of nitrogens with two attached hydrogens (primary N) is 1. The maximum Gasteiger partial charge on any atom is 0.0538 e. The van der Waals surface area contributed by atoms with E-state index in [1.54, 1.807) is 7.11 Å². The molecule has 0 bridgehead atoms. The van der Waals surface area contributed by atoms with Gasteiger partial charge in [-0.15, -0.1) is 0 Å². The molecule has 98 valence electrons. The minimum Gasteiger partial charge on any atom is -0.385 e. The Balaban J connectivity index is 2.65. The molecule has 0 saturated carbocycles. The van der Waals surface area contributed by atoms with Crippen LogP contribution >= 0.6 is 0 Å². The molecule has 1 rings (SSSR count). The molecule has 2 atom stereocenters. The molecule has 1 heterocycles. The summed E-state index contributed by atoms with van der Waals surface area (Å²) < 4.78 is 6.88. The molecule has 1 aromatic heterocycles. The number of methoxy groups -OCH3 is 1. The summed E-state index contributed by atoms with van der Waals surface area (Å²) in [6, 6.07) is 0.285. The fourth-order valence-corrected chi connectivity index (χ4v) is 2.15. The largest absolute Gasteiger partial charge is 0.385 e. The SMILES string of the molecule is COCCCN(C)C(c1cnn(C)c1)C(C)N. The maximum atomic E-state index is 6.07. The fourth-order valence-electron chi connectivity index (χ4n) is 2.15. The van der Waals surface area contributed by atoms with Gasteiger partial charge < -0.3 is 10.5 Å². The second-order valence-electron chi connectivity index (χ2n) is 4.58. The summed E-state index contributed by atoms with van der Waals surface area (Å²) in [6.45, 7) is 3.78. The lowest BCUT2D eigenvalue weighted by molar-refractivity contribution is 0.158. The molecule has 0 saturated heterocycles. The minimum absolute atomic E-state index is 0.0757. The minimum atomic E-state index is 0.0757. The van der Waals surface area contributed by atoms with Gasteiger partial charge in [-0.1, -0.05) is 0 Å². The molecule has 0 amide bonds. The van der Waals surface area contributed by atoms with Crippen molar-refractivity contribution in [2.75, 3.05) is 27.3 Å². The molecule has 5 heteroatoms. The Hall–Kier alpha value is -0.910. The van der Waals surface area contributed by atoms with E-state index in [1.165, 1.54) is 5.56 Å². The molecule has 17 heavy (non-hydrogen) atoms. The van der Waals surface area contributed by atoms with Crippen LogP contribution in [-0.4, -0.2) is 48.0 Å². The third-order valence-corrected chi connectivity index (χ3v) is 2.90. The van der Waals surface area contributed by atoms with Crippen molar-refractivity contribution in [3.8, 4) is 0 Å². The van der Waals surface area contributed by atoms with Crippen molar-refractivity contribution >= 4 is 0 Å². The summed E-state index contributed by atoms with van der Waals surface area (Å²) in [5.74, 6) is 0. The molecule has 1 aromatic rings. The Morgan fingerprint density at radius 3 is 2.76 bits per heavy atom. The van der Waals surface area contributed by atoms with Crippen LogP contribution in [0.2, 0.25) is 0 Å². The maximum absolute atomic E-state index is 6.07. The van der Waals surface area contributed by atoms with Gasteiger partial charge in [0.15, 0.2) is 0 Å². The van der Waals surface area contributed by atoms with Crippen LogP contribution < -0.4 is 5.73 Å². The Bertz CT molecular complexity index is 324. The van der Waals surface area contributed by atoms with Crippen molar-refractivity contribution in [3.05, 3.63) is 18.0 Å². The smallest absolute Gasteiger partial charge is 0.0538 e. The first-order chi connectivity index (χ1) is 8.06. The van der Waals surface area contributed by atoms with Gasteiger partial charge in [0.25, 0.3) is 0 Å². The van der Waals surface area contributed by atoms with E-state index in [0.29, 0.717) is 0 Å². The van der Waals surface area contributed by atoms with Crippen molar-refractivity contribution < 1.29 is 4.74 Å². The van der Waals surface area contributed by atoms with Gasteiger partial charge in [-0.25, -0.2) is 0 Å². The number of ether oxygens (including phenoxy) is 1. The average molecular weight is 240 g/mol. The van der Waals surface area contributed by atoms with E-state index >= 15 is 0 Å². The van der Waals surface area contributed by atoms with Crippen LogP contribution in [-0.2, 0) is 11.8 Å². The second-order valence-corrected chi connectivity index (χ2v) is 4.58. The predicted octanol–water partition coefficient (Wildman–Crippen LogP) is 0.777. The molecule has 0 spiro atoms. The van der Waals surface area contributed by atoms with E-state index in [1.807, 2.05) is 31.0 Å². The van der Waals surface area contributed by atoms with Gasteiger partial charge in [0.1, 0.15) is 0 Å². The molecule has 0 aliphatic heterocycles. The normalized spacial score (nSPS) is 15.2. The third-order valence-electron chi connectivity index (χ3n) is 2.90. The first-order valence-corrected chi connectivity index (χ1v) is 5.99. The van der Waals surface area contributed by atoms with E-state index in [4.69, 9.17) is 10.5 Å². The van der Waals surface area contributed by atoms with Crippen molar-refractivity contribution in [2.24, 2.45) is 12.8 Å². The molecular formula is C12H24N4O. The van der Waals surface area contributed by atoms with Crippen LogP contribution in [0.1, 0.15) is 24.9 Å². The highest BCUT2D eigenvalue weighted by Gasteiger charge is 2.22. The molecule has 0 fully saturated rings. The summed E-state index contributed by atoms with van der Waals surface area (Å²) in [5.41, 5.74) is 7.24. The molecule has 0 aliphatic rings. The van der Waals surface area contributed by atoms with E-state index in [2.05, 4.69) is 17.0 Å². The summed E-state index contributed by atoms with van der Waals surface area (Å²) >= 11 is 0. The molecule has 5 nitrogen and oxygen atoms in total. The van der Waals surface area contributed by atoms with Crippen LogP contribution in [0.25, 0.3) is 0 Å². The molecular weight excluding hydrogens is 216 g/mol. The highest BCUT2D eigenvalue weighted by atomic mass is 16.5. The van der Waals surface area contributed by atoms with Gasteiger partial charge in [0, 0.05) is 45.1 Å². The lowest BCUT2D eigenvalue weighted by atomic mass is 10.0. The molecule has 0 aliphatic carbocycles. The first-order valence-electron chi connectivity index (χ1n) is 5.99. The number of hydrogen-bond donors (Lipinski definition) is 1. The summed E-state index contributed by atoms with van der Waals surface area (Å²) in [7, 11) is 5.74. The molecule has 0 radical (unpaired) electrons. The highest BCUT2D eigenvalue weighted by molar-refractivity contribution is 5.12. The van der Waals surface area contributed by atoms with Crippen LogP contribution in [0, 0.1) is 0 Å². The Morgan fingerprint density at radius 1 is 1.59 bits per heavy atom. The van der Waals surface area contributed by atoms with Crippen molar-refractivity contribution in [1.82, 2.24) is 14.7 Å². The van der Waals surface area contributed by atoms with E-state index in [0.717, 1.165) is 19.6 Å². The van der Waals surface area contributed by atoms with Gasteiger partial charge in [0.05, 0.1) is 12.2 Å². The predicted molar refractivity (Wildman–Crippen MR) is 68.7 cm³/mol. The van der Waals surface area contributed by atoms with Crippen LogP contribution in [0.3, 0.4) is 0 Å². The number of aromatic nitrogens is 2. The first kappa shape index (κ1) is 14.2. The monoisotopic (exact) mass is 240 g/mol. The zero-order valence-corrected chi connectivity index (χ0v) is 11.3. The average Bonchev–Trinajstić information content (AvgIpc) is 2.65. The topological polar surface area (TPSA) is 56.3 Å². The van der Waals surface area contributed by atoms with Crippen LogP contribution in [0.15, 0.2) is 12.4 Å². The molecule has 0 aromatic carbocycles. The zero-order chi connectivity index (χ0) is 12.8. The van der Waals surface area contributed by atoms with E-state index in [9.17, 15) is 0 Å². The lowest BCUT2D eigenvalue weighted by Gasteiger charge is -2.30.